The van der Waals surface area contributed by atoms with E-state index >= 15 is 0 Å². The largest absolute Gasteiger partial charge is 0.389 e. The first-order chi connectivity index (χ1) is 9.45. The van der Waals surface area contributed by atoms with Gasteiger partial charge < -0.3 is 14.2 Å². The molecule has 2 aromatic rings. The molecule has 2 heterocycles. The van der Waals surface area contributed by atoms with Gasteiger partial charge in [0.2, 0.25) is 0 Å². The van der Waals surface area contributed by atoms with Crippen LogP contribution in [0.1, 0.15) is 0 Å². The summed E-state index contributed by atoms with van der Waals surface area (Å²) in [5.74, 6) is 0. The summed E-state index contributed by atoms with van der Waals surface area (Å²) >= 11 is 11.6. The van der Waals surface area contributed by atoms with E-state index < -0.39 is 6.10 Å². The number of nitrogens with zero attached hydrogens (tertiary/aromatic N) is 2. The first kappa shape index (κ1) is 14.8. The van der Waals surface area contributed by atoms with Crippen molar-refractivity contribution in [2.24, 2.45) is 0 Å². The van der Waals surface area contributed by atoms with Crippen LogP contribution in [-0.4, -0.2) is 20.3 Å². The van der Waals surface area contributed by atoms with E-state index in [4.69, 9.17) is 23.2 Å². The van der Waals surface area contributed by atoms with Crippen molar-refractivity contribution >= 4 is 23.2 Å². The molecule has 7 heteroatoms. The number of hydrogen-bond acceptors (Lipinski definition) is 3. The number of aromatic nitrogens is 2. The Balaban J connectivity index is 2.15. The fourth-order valence-electron chi connectivity index (χ4n) is 1.80. The highest BCUT2D eigenvalue weighted by Crippen LogP contribution is 2.06. The van der Waals surface area contributed by atoms with Crippen molar-refractivity contribution in [1.82, 2.24) is 9.13 Å². The van der Waals surface area contributed by atoms with Crippen molar-refractivity contribution in [2.45, 2.75) is 19.2 Å². The maximum atomic E-state index is 11.6. The van der Waals surface area contributed by atoms with Gasteiger partial charge in [-0.05, 0) is 12.1 Å². The van der Waals surface area contributed by atoms with Crippen molar-refractivity contribution in [3.05, 3.63) is 67.4 Å². The molecule has 0 unspecified atom stereocenters. The lowest BCUT2D eigenvalue weighted by Crippen LogP contribution is -2.31. The lowest BCUT2D eigenvalue weighted by atomic mass is 10.3. The zero-order chi connectivity index (χ0) is 14.7. The maximum absolute atomic E-state index is 11.6. The zero-order valence-corrected chi connectivity index (χ0v) is 11.9. The van der Waals surface area contributed by atoms with Gasteiger partial charge in [-0.25, -0.2) is 0 Å². The van der Waals surface area contributed by atoms with E-state index in [9.17, 15) is 14.7 Å². The van der Waals surface area contributed by atoms with Crippen LogP contribution in [0.4, 0.5) is 0 Å². The first-order valence-corrected chi connectivity index (χ1v) is 6.61. The highest BCUT2D eigenvalue weighted by molar-refractivity contribution is 6.30. The van der Waals surface area contributed by atoms with E-state index in [-0.39, 0.29) is 24.2 Å². The highest BCUT2D eigenvalue weighted by atomic mass is 35.5. The Bertz CT molecular complexity index is 663. The molecule has 0 spiro atoms. The normalized spacial score (nSPS) is 11.0. The molecule has 5 nitrogen and oxygen atoms in total. The summed E-state index contributed by atoms with van der Waals surface area (Å²) in [5, 5.41) is 10.8. The molecule has 0 saturated carbocycles. The van der Waals surface area contributed by atoms with Gasteiger partial charge in [-0.2, -0.15) is 0 Å². The lowest BCUT2D eigenvalue weighted by molar-refractivity contribution is 0.132. The van der Waals surface area contributed by atoms with Crippen LogP contribution >= 0.6 is 23.2 Å². The van der Waals surface area contributed by atoms with Crippen LogP contribution in [0.15, 0.2) is 46.2 Å². The van der Waals surface area contributed by atoms with Gasteiger partial charge in [0, 0.05) is 24.5 Å². The molecule has 0 aliphatic carbocycles. The Kier molecular flexibility index (Phi) is 4.65. The van der Waals surface area contributed by atoms with Crippen molar-refractivity contribution in [3.8, 4) is 0 Å². The van der Waals surface area contributed by atoms with Crippen LogP contribution in [0.2, 0.25) is 10.0 Å². The van der Waals surface area contributed by atoms with Gasteiger partial charge in [-0.1, -0.05) is 23.2 Å². The van der Waals surface area contributed by atoms with Gasteiger partial charge in [-0.15, -0.1) is 0 Å². The molecule has 0 atom stereocenters. The molecule has 2 aromatic heterocycles. The van der Waals surface area contributed by atoms with Crippen LogP contribution < -0.4 is 11.1 Å². The molecule has 20 heavy (non-hydrogen) atoms. The monoisotopic (exact) mass is 314 g/mol. The smallest absolute Gasteiger partial charge is 0.250 e. The van der Waals surface area contributed by atoms with E-state index in [0.29, 0.717) is 10.0 Å². The molecule has 2 rings (SSSR count). The maximum Gasteiger partial charge on any atom is 0.250 e. The lowest BCUT2D eigenvalue weighted by Gasteiger charge is -2.14. The second-order valence-electron chi connectivity index (χ2n) is 4.33. The third-order valence-corrected chi connectivity index (χ3v) is 3.16. The summed E-state index contributed by atoms with van der Waals surface area (Å²) in [6, 6.07) is 5.60. The molecule has 0 bridgehead atoms. The quantitative estimate of drug-likeness (QED) is 0.927. The predicted octanol–water partition coefficient (Wildman–Crippen LogP) is 1.38. The molecule has 0 saturated heterocycles. The number of halogens is 2. The topological polar surface area (TPSA) is 64.2 Å². The molecule has 0 fully saturated rings. The second kappa shape index (κ2) is 6.26. The number of aliphatic hydroxyl groups excluding tert-OH is 1. The van der Waals surface area contributed by atoms with Crippen molar-refractivity contribution in [3.63, 3.8) is 0 Å². The number of aliphatic hydroxyl groups is 1. The molecule has 0 amide bonds. The Labute approximate surface area is 124 Å². The number of rotatable bonds is 4. The van der Waals surface area contributed by atoms with E-state index in [1.807, 2.05) is 0 Å². The van der Waals surface area contributed by atoms with Gasteiger partial charge >= 0.3 is 0 Å². The van der Waals surface area contributed by atoms with Crippen molar-refractivity contribution in [2.75, 3.05) is 0 Å². The Morgan fingerprint density at radius 2 is 1.30 bits per heavy atom. The van der Waals surface area contributed by atoms with Gasteiger partial charge in [0.25, 0.3) is 11.1 Å². The third-order valence-electron chi connectivity index (χ3n) is 2.71. The van der Waals surface area contributed by atoms with Gasteiger partial charge in [0.1, 0.15) is 0 Å². The summed E-state index contributed by atoms with van der Waals surface area (Å²) in [6.07, 6.45) is 1.96. The van der Waals surface area contributed by atoms with E-state index in [1.54, 1.807) is 0 Å². The molecule has 106 valence electrons. The zero-order valence-electron chi connectivity index (χ0n) is 10.4. The van der Waals surface area contributed by atoms with Gasteiger partial charge in [0.05, 0.1) is 29.2 Å². The molecule has 1 N–H and O–H groups in total. The fraction of sp³-hybridized carbons (Fsp3) is 0.231. The molecule has 0 aliphatic rings. The van der Waals surface area contributed by atoms with Crippen molar-refractivity contribution in [1.29, 1.82) is 0 Å². The summed E-state index contributed by atoms with van der Waals surface area (Å²) in [4.78, 5) is 23.2. The van der Waals surface area contributed by atoms with Gasteiger partial charge in [-0.3, -0.25) is 9.59 Å². The molecule has 0 aliphatic heterocycles. The van der Waals surface area contributed by atoms with E-state index in [1.165, 1.54) is 45.8 Å². The third kappa shape index (κ3) is 3.72. The van der Waals surface area contributed by atoms with Crippen molar-refractivity contribution < 1.29 is 5.11 Å². The standard InChI is InChI=1S/C13H12Cl2N2O3/c14-9-1-3-12(19)16(5-9)7-11(18)8-17-6-10(15)2-4-13(17)20/h1-6,11,18H,7-8H2. The Morgan fingerprint density at radius 1 is 0.900 bits per heavy atom. The summed E-state index contributed by atoms with van der Waals surface area (Å²) in [6.45, 7) is 0.0801. The minimum absolute atomic E-state index is 0.0400. The van der Waals surface area contributed by atoms with Crippen LogP contribution in [-0.2, 0) is 13.1 Å². The SMILES string of the molecule is O=c1ccc(Cl)cn1CC(O)Cn1cc(Cl)ccc1=O. The molecular weight excluding hydrogens is 303 g/mol. The van der Waals surface area contributed by atoms with Gasteiger partial charge in [0.15, 0.2) is 0 Å². The average Bonchev–Trinajstić information content (AvgIpc) is 2.38. The minimum Gasteiger partial charge on any atom is -0.389 e. The fourth-order valence-corrected chi connectivity index (χ4v) is 2.16. The molecular formula is C13H12Cl2N2O3. The number of hydrogen-bond donors (Lipinski definition) is 1. The van der Waals surface area contributed by atoms with Crippen LogP contribution in [0, 0.1) is 0 Å². The second-order valence-corrected chi connectivity index (χ2v) is 5.20. The van der Waals surface area contributed by atoms with E-state index in [0.717, 1.165) is 0 Å². The molecule has 0 radical (unpaired) electrons. The highest BCUT2D eigenvalue weighted by Gasteiger charge is 2.09. The van der Waals surface area contributed by atoms with Crippen LogP contribution in [0.5, 0.6) is 0 Å². The summed E-state index contributed by atoms with van der Waals surface area (Å²) in [5.41, 5.74) is -0.543. The Morgan fingerprint density at radius 3 is 1.70 bits per heavy atom. The predicted molar refractivity (Wildman–Crippen MR) is 77.4 cm³/mol. The minimum atomic E-state index is -0.915. The van der Waals surface area contributed by atoms with Crippen LogP contribution in [0.25, 0.3) is 0 Å². The first-order valence-electron chi connectivity index (χ1n) is 5.86. The number of pyridine rings is 2. The average molecular weight is 315 g/mol. The van der Waals surface area contributed by atoms with Crippen LogP contribution in [0.3, 0.4) is 0 Å². The van der Waals surface area contributed by atoms with E-state index in [2.05, 4.69) is 0 Å². The molecule has 0 aromatic carbocycles. The Hall–Kier alpha value is -1.56. The summed E-state index contributed by atoms with van der Waals surface area (Å²) < 4.78 is 2.59. The summed E-state index contributed by atoms with van der Waals surface area (Å²) in [7, 11) is 0.